The lowest BCUT2D eigenvalue weighted by atomic mass is 9.72. The molecule has 0 aromatic heterocycles. The van der Waals surface area contributed by atoms with Gasteiger partial charge in [0.2, 0.25) is 0 Å². The molecule has 5 atom stereocenters. The number of nitrogens with zero attached hydrogens (tertiary/aromatic N) is 1. The van der Waals surface area contributed by atoms with Crippen LogP contribution in [-0.2, 0) is 31.4 Å². The Hall–Kier alpha value is -3.15. The monoisotopic (exact) mass is 575 g/mol. The molecule has 2 aliphatic heterocycles. The number of alkyl halides is 6. The fourth-order valence-corrected chi connectivity index (χ4v) is 5.69. The van der Waals surface area contributed by atoms with Crippen molar-refractivity contribution in [2.45, 2.75) is 76.7 Å². The van der Waals surface area contributed by atoms with E-state index in [2.05, 4.69) is 0 Å². The zero-order valence-electron chi connectivity index (χ0n) is 22.1. The number of ether oxygens (including phenoxy) is 2. The normalized spacial score (nSPS) is 25.5. The molecule has 2 aromatic rings. The highest BCUT2D eigenvalue weighted by Crippen LogP contribution is 2.48. The zero-order valence-corrected chi connectivity index (χ0v) is 22.1. The molecule has 218 valence electrons. The van der Waals surface area contributed by atoms with Gasteiger partial charge in [-0.1, -0.05) is 26.0 Å². The fourth-order valence-electron chi connectivity index (χ4n) is 5.69. The maximum Gasteiger partial charge on any atom is 0.416 e. The number of carbonyl (C=O) groups excluding carboxylic acids is 2. The lowest BCUT2D eigenvalue weighted by Gasteiger charge is -2.45. The van der Waals surface area contributed by atoms with Gasteiger partial charge in [-0.05, 0) is 54.8 Å². The first kappa shape index (κ1) is 29.8. The van der Waals surface area contributed by atoms with Crippen LogP contribution in [0.2, 0.25) is 0 Å². The molecule has 2 fully saturated rings. The summed E-state index contributed by atoms with van der Waals surface area (Å²) in [5.41, 5.74) is -3.48. The van der Waals surface area contributed by atoms with Gasteiger partial charge in [-0.25, -0.2) is 4.39 Å². The van der Waals surface area contributed by atoms with E-state index in [9.17, 15) is 40.3 Å². The van der Waals surface area contributed by atoms with Crippen LogP contribution in [0.4, 0.5) is 30.7 Å². The van der Waals surface area contributed by atoms with E-state index in [0.717, 1.165) is 0 Å². The summed E-state index contributed by atoms with van der Waals surface area (Å²) < 4.78 is 106. The number of carbonyl (C=O) groups is 2. The minimum atomic E-state index is -5.02. The Balaban J connectivity index is 1.72. The van der Waals surface area contributed by atoms with Crippen LogP contribution < -0.4 is 0 Å². The number of hydrogen-bond donors (Lipinski definition) is 0. The molecule has 1 unspecified atom stereocenters. The molecular weight excluding hydrogens is 547 g/mol. The van der Waals surface area contributed by atoms with E-state index in [0.29, 0.717) is 24.1 Å². The van der Waals surface area contributed by atoms with Gasteiger partial charge in [-0.15, -0.1) is 0 Å². The average Bonchev–Trinajstić information content (AvgIpc) is 3.17. The minimum Gasteiger partial charge on any atom is -0.452 e. The van der Waals surface area contributed by atoms with Crippen molar-refractivity contribution in [1.82, 2.24) is 4.90 Å². The minimum absolute atomic E-state index is 0.0449. The third-order valence-corrected chi connectivity index (χ3v) is 7.54. The second-order valence-electron chi connectivity index (χ2n) is 11.0. The second kappa shape index (κ2) is 10.4. The Morgan fingerprint density at radius 3 is 2.05 bits per heavy atom. The lowest BCUT2D eigenvalue weighted by molar-refractivity contribution is -0.174. The molecule has 1 amide bonds. The van der Waals surface area contributed by atoms with Crippen LogP contribution in [-0.4, -0.2) is 41.6 Å². The molecule has 2 heterocycles. The predicted molar refractivity (Wildman–Crippen MR) is 128 cm³/mol. The first-order valence-electron chi connectivity index (χ1n) is 12.6. The van der Waals surface area contributed by atoms with E-state index in [1.54, 1.807) is 13.8 Å². The Morgan fingerprint density at radius 1 is 1.00 bits per heavy atom. The summed E-state index contributed by atoms with van der Waals surface area (Å²) in [5.74, 6) is -2.23. The van der Waals surface area contributed by atoms with Gasteiger partial charge >= 0.3 is 18.3 Å². The fraction of sp³-hybridized carbons (Fsp3) is 0.500. The molecule has 5 nitrogen and oxygen atoms in total. The van der Waals surface area contributed by atoms with Gasteiger partial charge < -0.3 is 14.4 Å². The number of fused-ring (bicyclic) bond motifs is 1. The summed E-state index contributed by atoms with van der Waals surface area (Å²) in [7, 11) is 0. The number of piperidine rings is 1. The van der Waals surface area contributed by atoms with Crippen LogP contribution in [0.15, 0.2) is 42.5 Å². The summed E-state index contributed by atoms with van der Waals surface area (Å²) in [6, 6.07) is 6.21. The number of amides is 1. The molecule has 40 heavy (non-hydrogen) atoms. The van der Waals surface area contributed by atoms with Crippen LogP contribution in [0, 0.1) is 11.2 Å². The van der Waals surface area contributed by atoms with E-state index in [1.807, 2.05) is 0 Å². The Morgan fingerprint density at radius 2 is 1.55 bits per heavy atom. The zero-order chi connectivity index (χ0) is 29.8. The Kier molecular flexibility index (Phi) is 7.72. The molecule has 0 spiro atoms. The summed E-state index contributed by atoms with van der Waals surface area (Å²) >= 11 is 0. The standard InChI is InChI=1S/C28H28F7NO4/c1-14(17-9-18(27(30,31)32)11-19(10-17)28(33,34)35)39-22-13-36-21(23(22)16-5-7-20(29)8-6-16)12-26(3,4)24(25(36)38)40-15(2)37/h5-11,14,21-24H,12-13H2,1-4H3/t14-,21+,22+,23+,24?/m1/s1. The maximum absolute atomic E-state index is 13.7. The number of hydrogen-bond acceptors (Lipinski definition) is 4. The lowest BCUT2D eigenvalue weighted by Crippen LogP contribution is -2.57. The SMILES string of the molecule is CC(=O)OC1C(=O)N2C[C@H](O[C@H](C)c3cc(C(F)(F)F)cc(C(F)(F)F)c3)[C@@H](c3ccc(F)cc3)[C@@H]2CC1(C)C. The molecular formula is C28H28F7NO4. The molecule has 0 aliphatic carbocycles. The molecule has 2 saturated heterocycles. The van der Waals surface area contributed by atoms with Crippen molar-refractivity contribution >= 4 is 11.9 Å². The van der Waals surface area contributed by atoms with Crippen LogP contribution in [0.1, 0.15) is 68.4 Å². The summed E-state index contributed by atoms with van der Waals surface area (Å²) in [6.07, 6.45) is -12.9. The molecule has 2 aromatic carbocycles. The van der Waals surface area contributed by atoms with E-state index in [1.165, 1.54) is 43.0 Å². The maximum atomic E-state index is 13.7. The van der Waals surface area contributed by atoms with Crippen molar-refractivity contribution in [2.24, 2.45) is 5.41 Å². The molecule has 0 radical (unpaired) electrons. The van der Waals surface area contributed by atoms with E-state index in [-0.39, 0.29) is 18.2 Å². The third-order valence-electron chi connectivity index (χ3n) is 7.54. The van der Waals surface area contributed by atoms with Crippen molar-refractivity contribution in [3.8, 4) is 0 Å². The van der Waals surface area contributed by atoms with Gasteiger partial charge in [0.05, 0.1) is 23.3 Å². The Labute approximate surface area is 226 Å². The van der Waals surface area contributed by atoms with E-state index >= 15 is 0 Å². The first-order chi connectivity index (χ1) is 18.4. The molecule has 0 bridgehead atoms. The highest BCUT2D eigenvalue weighted by atomic mass is 19.4. The van der Waals surface area contributed by atoms with Gasteiger partial charge in [0.1, 0.15) is 5.82 Å². The van der Waals surface area contributed by atoms with Crippen molar-refractivity contribution in [3.63, 3.8) is 0 Å². The van der Waals surface area contributed by atoms with Gasteiger partial charge in [-0.3, -0.25) is 9.59 Å². The van der Waals surface area contributed by atoms with E-state index < -0.39 is 76.9 Å². The van der Waals surface area contributed by atoms with Crippen LogP contribution in [0.5, 0.6) is 0 Å². The summed E-state index contributed by atoms with van der Waals surface area (Å²) in [5, 5.41) is 0. The highest BCUT2D eigenvalue weighted by Gasteiger charge is 2.56. The first-order valence-corrected chi connectivity index (χ1v) is 12.6. The number of esters is 1. The molecule has 0 saturated carbocycles. The van der Waals surface area contributed by atoms with Crippen LogP contribution in [0.3, 0.4) is 0 Å². The van der Waals surface area contributed by atoms with E-state index in [4.69, 9.17) is 9.47 Å². The number of benzene rings is 2. The molecule has 2 aliphatic rings. The van der Waals surface area contributed by atoms with Gasteiger partial charge in [-0.2, -0.15) is 26.3 Å². The average molecular weight is 576 g/mol. The van der Waals surface area contributed by atoms with Gasteiger partial charge in [0.15, 0.2) is 6.10 Å². The topological polar surface area (TPSA) is 55.8 Å². The summed E-state index contributed by atoms with van der Waals surface area (Å²) in [6.45, 7) is 5.97. The third kappa shape index (κ3) is 5.96. The number of halogens is 7. The van der Waals surface area contributed by atoms with Gasteiger partial charge in [0.25, 0.3) is 5.91 Å². The molecule has 12 heteroatoms. The molecule has 4 rings (SSSR count). The van der Waals surface area contributed by atoms with Gasteiger partial charge in [0, 0.05) is 30.8 Å². The highest BCUT2D eigenvalue weighted by molar-refractivity contribution is 5.86. The smallest absolute Gasteiger partial charge is 0.416 e. The quantitative estimate of drug-likeness (QED) is 0.296. The molecule has 0 N–H and O–H groups in total. The number of rotatable bonds is 5. The summed E-state index contributed by atoms with van der Waals surface area (Å²) in [4.78, 5) is 26.7. The van der Waals surface area contributed by atoms with Crippen molar-refractivity contribution in [1.29, 1.82) is 0 Å². The van der Waals surface area contributed by atoms with Crippen LogP contribution >= 0.6 is 0 Å². The van der Waals surface area contributed by atoms with Crippen LogP contribution in [0.25, 0.3) is 0 Å². The van der Waals surface area contributed by atoms with Crippen molar-refractivity contribution in [3.05, 3.63) is 70.5 Å². The van der Waals surface area contributed by atoms with Crippen molar-refractivity contribution < 1.29 is 49.8 Å². The predicted octanol–water partition coefficient (Wildman–Crippen LogP) is 6.67. The second-order valence-corrected chi connectivity index (χ2v) is 11.0. The Bertz CT molecular complexity index is 1240. The largest absolute Gasteiger partial charge is 0.452 e. The van der Waals surface area contributed by atoms with Crippen molar-refractivity contribution in [2.75, 3.05) is 6.54 Å².